The minimum atomic E-state index is -3.23. The molecule has 2 aromatic heterocycles. The zero-order valence-electron chi connectivity index (χ0n) is 17.2. The highest BCUT2D eigenvalue weighted by Crippen LogP contribution is 2.25. The normalized spacial score (nSPS) is 14.2. The first kappa shape index (κ1) is 21.2. The van der Waals surface area contributed by atoms with Crippen LogP contribution in [-0.2, 0) is 9.84 Å². The van der Waals surface area contributed by atoms with E-state index < -0.39 is 9.84 Å². The summed E-state index contributed by atoms with van der Waals surface area (Å²) in [6.07, 6.45) is 7.00. The van der Waals surface area contributed by atoms with Gasteiger partial charge in [-0.3, -0.25) is 4.90 Å². The van der Waals surface area contributed by atoms with Crippen LogP contribution >= 0.6 is 11.5 Å². The highest BCUT2D eigenvalue weighted by Gasteiger charge is 2.16. The molecule has 1 aliphatic heterocycles. The molecule has 9 nitrogen and oxygen atoms in total. The van der Waals surface area contributed by atoms with Gasteiger partial charge in [-0.05, 0) is 35.9 Å². The molecule has 3 heterocycles. The van der Waals surface area contributed by atoms with Crippen LogP contribution in [0.1, 0.15) is 25.6 Å². The van der Waals surface area contributed by atoms with Gasteiger partial charge in [-0.25, -0.2) is 8.42 Å². The molecule has 0 spiro atoms. The van der Waals surface area contributed by atoms with E-state index in [0.29, 0.717) is 36.0 Å². The van der Waals surface area contributed by atoms with Crippen molar-refractivity contribution in [3.63, 3.8) is 0 Å². The molecule has 0 saturated carbocycles. The third-order valence-electron chi connectivity index (χ3n) is 4.52. The third kappa shape index (κ3) is 5.00. The topological polar surface area (TPSA) is 111 Å². The van der Waals surface area contributed by atoms with Crippen LogP contribution in [0.2, 0.25) is 0 Å². The summed E-state index contributed by atoms with van der Waals surface area (Å²) >= 11 is 1.15. The van der Waals surface area contributed by atoms with Gasteiger partial charge in [-0.2, -0.15) is 14.3 Å². The largest absolute Gasteiger partial charge is 0.464 e. The highest BCUT2D eigenvalue weighted by molar-refractivity contribution is 7.90. The van der Waals surface area contributed by atoms with Gasteiger partial charge in [-0.15, -0.1) is 0 Å². The fourth-order valence-electron chi connectivity index (χ4n) is 2.74. The lowest BCUT2D eigenvalue weighted by Gasteiger charge is -2.17. The van der Waals surface area contributed by atoms with Crippen molar-refractivity contribution in [2.75, 3.05) is 24.3 Å². The lowest BCUT2D eigenvalue weighted by atomic mass is 10.2. The SMILES string of the molecule is CC(C)c1noc(N2C=CC(COc3nc(-c4ccc(S(C)(=O)=O)cc4)ns3)=CC2)n1. The molecular weight excluding hydrogens is 438 g/mol. The summed E-state index contributed by atoms with van der Waals surface area (Å²) in [6, 6.07) is 6.93. The van der Waals surface area contributed by atoms with Gasteiger partial charge in [0.05, 0.1) is 4.90 Å². The van der Waals surface area contributed by atoms with Crippen LogP contribution in [0.4, 0.5) is 6.01 Å². The molecule has 3 aromatic rings. The molecule has 0 saturated heterocycles. The Hall–Kier alpha value is -3.05. The number of hydrogen-bond acceptors (Lipinski definition) is 10. The highest BCUT2D eigenvalue weighted by atomic mass is 32.2. The van der Waals surface area contributed by atoms with Crippen molar-refractivity contribution in [1.29, 1.82) is 0 Å². The molecule has 0 atom stereocenters. The van der Waals surface area contributed by atoms with Gasteiger partial charge < -0.3 is 9.26 Å². The van der Waals surface area contributed by atoms with Crippen LogP contribution in [0.15, 0.2) is 57.6 Å². The summed E-state index contributed by atoms with van der Waals surface area (Å²) in [4.78, 5) is 10.9. The molecular formula is C20H21N5O4S2. The fraction of sp³-hybridized carbons (Fsp3) is 0.300. The summed E-state index contributed by atoms with van der Waals surface area (Å²) in [5, 5.41) is 4.42. The minimum Gasteiger partial charge on any atom is -0.464 e. The van der Waals surface area contributed by atoms with Crippen LogP contribution < -0.4 is 9.64 Å². The van der Waals surface area contributed by atoms with Crippen molar-refractivity contribution in [3.05, 3.63) is 54.0 Å². The van der Waals surface area contributed by atoms with Crippen molar-refractivity contribution in [3.8, 4) is 16.6 Å². The number of benzene rings is 1. The zero-order chi connectivity index (χ0) is 22.0. The Morgan fingerprint density at radius 3 is 2.61 bits per heavy atom. The van der Waals surface area contributed by atoms with E-state index >= 15 is 0 Å². The second kappa shape index (κ2) is 8.60. The van der Waals surface area contributed by atoms with Gasteiger partial charge in [0.25, 0.3) is 5.19 Å². The molecule has 0 bridgehead atoms. The number of anilines is 1. The van der Waals surface area contributed by atoms with Crippen molar-refractivity contribution in [2.45, 2.75) is 24.7 Å². The van der Waals surface area contributed by atoms with E-state index in [1.807, 2.05) is 37.1 Å². The van der Waals surface area contributed by atoms with E-state index in [0.717, 1.165) is 22.7 Å². The molecule has 0 N–H and O–H groups in total. The second-order valence-corrected chi connectivity index (χ2v) is 10.0. The molecule has 0 amide bonds. The van der Waals surface area contributed by atoms with Crippen LogP contribution in [0.3, 0.4) is 0 Å². The zero-order valence-corrected chi connectivity index (χ0v) is 18.9. The number of nitrogens with zero attached hydrogens (tertiary/aromatic N) is 5. The molecule has 0 aliphatic carbocycles. The molecule has 0 radical (unpaired) electrons. The van der Waals surface area contributed by atoms with E-state index in [2.05, 4.69) is 19.5 Å². The Bertz CT molecular complexity index is 1230. The van der Waals surface area contributed by atoms with E-state index in [1.165, 1.54) is 6.26 Å². The standard InChI is InChI=1S/C20H21N5O4S2/c1-13(2)17-21-19(29-23-17)25-10-8-14(9-11-25)12-28-20-22-18(24-30-20)15-4-6-16(7-5-15)31(3,26)27/h4-10,13H,11-12H2,1-3H3. The minimum absolute atomic E-state index is 0.209. The first-order valence-electron chi connectivity index (χ1n) is 9.54. The van der Waals surface area contributed by atoms with Gasteiger partial charge in [0.1, 0.15) is 6.61 Å². The summed E-state index contributed by atoms with van der Waals surface area (Å²) in [5.74, 6) is 1.39. The fourth-order valence-corrected chi connectivity index (χ4v) is 3.92. The van der Waals surface area contributed by atoms with E-state index in [9.17, 15) is 8.42 Å². The summed E-state index contributed by atoms with van der Waals surface area (Å²) in [7, 11) is -3.23. The monoisotopic (exact) mass is 459 g/mol. The number of ether oxygens (including phenoxy) is 1. The first-order chi connectivity index (χ1) is 14.8. The summed E-state index contributed by atoms with van der Waals surface area (Å²) in [5.41, 5.74) is 1.72. The van der Waals surface area contributed by atoms with Gasteiger partial charge in [0, 0.05) is 42.0 Å². The predicted molar refractivity (Wildman–Crippen MR) is 117 cm³/mol. The Labute approximate surface area is 184 Å². The molecule has 11 heteroatoms. The van der Waals surface area contributed by atoms with Gasteiger partial charge in [-0.1, -0.05) is 25.1 Å². The Balaban J connectivity index is 1.34. The van der Waals surface area contributed by atoms with E-state index in [-0.39, 0.29) is 10.8 Å². The average Bonchev–Trinajstić information content (AvgIpc) is 3.42. The molecule has 31 heavy (non-hydrogen) atoms. The van der Waals surface area contributed by atoms with Crippen LogP contribution in [0, 0.1) is 0 Å². The van der Waals surface area contributed by atoms with Crippen LogP contribution in [0.5, 0.6) is 5.19 Å². The lowest BCUT2D eigenvalue weighted by Crippen LogP contribution is -2.20. The number of sulfone groups is 1. The maximum absolute atomic E-state index is 11.6. The quantitative estimate of drug-likeness (QED) is 0.524. The maximum atomic E-state index is 11.6. The van der Waals surface area contributed by atoms with Crippen molar-refractivity contribution >= 4 is 27.4 Å². The number of rotatable bonds is 7. The van der Waals surface area contributed by atoms with Crippen molar-refractivity contribution < 1.29 is 17.7 Å². The van der Waals surface area contributed by atoms with Gasteiger partial charge in [0.2, 0.25) is 0 Å². The number of aromatic nitrogens is 4. The molecule has 1 aromatic carbocycles. The van der Waals surface area contributed by atoms with E-state index in [1.54, 1.807) is 24.3 Å². The Morgan fingerprint density at radius 1 is 1.23 bits per heavy atom. The Morgan fingerprint density at radius 2 is 2.00 bits per heavy atom. The maximum Gasteiger partial charge on any atom is 0.328 e. The lowest BCUT2D eigenvalue weighted by molar-refractivity contribution is 0.353. The molecule has 0 unspecified atom stereocenters. The summed E-state index contributed by atoms with van der Waals surface area (Å²) in [6.45, 7) is 4.98. The predicted octanol–water partition coefficient (Wildman–Crippen LogP) is 3.45. The summed E-state index contributed by atoms with van der Waals surface area (Å²) < 4.78 is 38.5. The molecule has 4 rings (SSSR count). The number of hydrogen-bond donors (Lipinski definition) is 0. The van der Waals surface area contributed by atoms with Gasteiger partial charge >= 0.3 is 6.01 Å². The smallest absolute Gasteiger partial charge is 0.328 e. The van der Waals surface area contributed by atoms with Crippen LogP contribution in [-0.4, -0.2) is 47.3 Å². The van der Waals surface area contributed by atoms with E-state index in [4.69, 9.17) is 9.26 Å². The molecule has 1 aliphatic rings. The Kier molecular flexibility index (Phi) is 5.88. The van der Waals surface area contributed by atoms with Gasteiger partial charge in [0.15, 0.2) is 21.5 Å². The van der Waals surface area contributed by atoms with Crippen LogP contribution in [0.25, 0.3) is 11.4 Å². The van der Waals surface area contributed by atoms with Crippen molar-refractivity contribution in [1.82, 2.24) is 19.5 Å². The second-order valence-electron chi connectivity index (χ2n) is 7.31. The molecule has 162 valence electrons. The first-order valence-corrected chi connectivity index (χ1v) is 12.2. The molecule has 0 fully saturated rings. The third-order valence-corrected chi connectivity index (χ3v) is 6.28. The van der Waals surface area contributed by atoms with Crippen molar-refractivity contribution in [2.24, 2.45) is 0 Å². The average molecular weight is 460 g/mol.